The summed E-state index contributed by atoms with van der Waals surface area (Å²) in [6.07, 6.45) is 0.621. The van der Waals surface area contributed by atoms with Crippen LogP contribution in [0.25, 0.3) is 0 Å². The molecule has 4 atom stereocenters. The van der Waals surface area contributed by atoms with E-state index in [2.05, 4.69) is 80.2 Å². The average Bonchev–Trinajstić information content (AvgIpc) is 0.829. The fourth-order valence-corrected chi connectivity index (χ4v) is 15.6. The Labute approximate surface area is 704 Å². The largest absolute Gasteiger partial charge is 0.323 e. The smallest absolute Gasteiger partial charge is 0.258 e. The van der Waals surface area contributed by atoms with E-state index in [1.807, 2.05) is 65.7 Å². The fourth-order valence-electron chi connectivity index (χ4n) is 10.7. The number of benzene rings is 6. The first-order valence-electron chi connectivity index (χ1n) is 37.3. The van der Waals surface area contributed by atoms with Crippen molar-refractivity contribution in [1.29, 1.82) is 0 Å². The highest BCUT2D eigenvalue weighted by Gasteiger charge is 2.30. The maximum Gasteiger partial charge on any atom is 0.258 e. The van der Waals surface area contributed by atoms with Crippen LogP contribution >= 0.6 is 34.8 Å². The van der Waals surface area contributed by atoms with Gasteiger partial charge in [-0.05, 0) is 247 Å². The number of amides is 2. The van der Waals surface area contributed by atoms with Crippen molar-refractivity contribution in [1.82, 2.24) is 38.5 Å². The number of aryl methyl sites for hydroxylation is 1. The van der Waals surface area contributed by atoms with Gasteiger partial charge < -0.3 is 30.2 Å². The lowest BCUT2D eigenvalue weighted by Crippen LogP contribution is -2.32. The van der Waals surface area contributed by atoms with Crippen LogP contribution in [0.2, 0.25) is 15.1 Å². The van der Waals surface area contributed by atoms with Gasteiger partial charge in [-0.15, -0.1) is 0 Å². The van der Waals surface area contributed by atoms with Crippen molar-refractivity contribution < 1.29 is 72.0 Å². The quantitative estimate of drug-likeness (QED) is 0.0117. The van der Waals surface area contributed by atoms with Crippen molar-refractivity contribution in [2.24, 2.45) is 40.9 Å². The van der Waals surface area contributed by atoms with E-state index in [1.165, 1.54) is 129 Å². The van der Waals surface area contributed by atoms with Crippen molar-refractivity contribution >= 4 is 156 Å². The highest BCUT2D eigenvalue weighted by Crippen LogP contribution is 2.32. The van der Waals surface area contributed by atoms with Gasteiger partial charge in [0.25, 0.3) is 11.8 Å². The number of azo groups is 4. The Bertz CT molecular complexity index is 4780. The van der Waals surface area contributed by atoms with Crippen LogP contribution in [0.4, 0.5) is 34.1 Å². The molecule has 0 heterocycles. The van der Waals surface area contributed by atoms with Crippen LogP contribution in [0.5, 0.6) is 0 Å². The summed E-state index contributed by atoms with van der Waals surface area (Å²) in [5, 5.41) is 36.7. The summed E-state index contributed by atoms with van der Waals surface area (Å²) in [6, 6.07) is 21.3. The molecule has 0 aliphatic heterocycles. The van der Waals surface area contributed by atoms with Gasteiger partial charge in [-0.3, -0.25) is 38.4 Å². The fraction of sp³-hybridized carbons (Fsp3) is 0.429. The molecular formula is C77H101Cl3N18O16S4. The minimum atomic E-state index is -3.76. The zero-order valence-electron chi connectivity index (χ0n) is 67.8. The van der Waals surface area contributed by atoms with Crippen LogP contribution < -0.4 is 29.5 Å². The van der Waals surface area contributed by atoms with Gasteiger partial charge in [0.15, 0.2) is 46.8 Å². The Hall–Kier alpha value is -8.97. The van der Waals surface area contributed by atoms with Gasteiger partial charge in [0.2, 0.25) is 52.2 Å². The molecule has 0 spiro atoms. The number of halogens is 3. The van der Waals surface area contributed by atoms with Crippen molar-refractivity contribution in [2.75, 3.05) is 117 Å². The molecule has 2 amide bonds. The van der Waals surface area contributed by atoms with E-state index in [0.717, 1.165) is 53.1 Å². The molecule has 0 aliphatic rings. The number of anilines is 2. The van der Waals surface area contributed by atoms with Gasteiger partial charge in [-0.1, -0.05) is 68.6 Å². The van der Waals surface area contributed by atoms with Gasteiger partial charge in [-0.2, -0.15) is 40.9 Å². The monoisotopic (exact) mass is 1770 g/mol. The topological polar surface area (TPSA) is 457 Å². The normalized spacial score (nSPS) is 13.3. The zero-order valence-corrected chi connectivity index (χ0v) is 73.4. The van der Waals surface area contributed by atoms with Gasteiger partial charge in [0.05, 0.1) is 53.0 Å². The van der Waals surface area contributed by atoms with Crippen LogP contribution in [-0.4, -0.2) is 231 Å². The number of carbonyl (C=O) groups is 8. The summed E-state index contributed by atoms with van der Waals surface area (Å²) in [6.45, 7) is 21.6. The van der Waals surface area contributed by atoms with E-state index >= 15 is 0 Å². The summed E-state index contributed by atoms with van der Waals surface area (Å²) < 4.78 is 111. The van der Waals surface area contributed by atoms with Crippen LogP contribution in [0.15, 0.2) is 182 Å². The molecule has 0 aromatic heterocycles. The maximum atomic E-state index is 13.3. The number of nitrogens with zero attached hydrogens (tertiary/aromatic N) is 12. The Morgan fingerprint density at radius 3 is 0.924 bits per heavy atom. The third-order valence-electron chi connectivity index (χ3n) is 17.5. The Morgan fingerprint density at radius 2 is 0.636 bits per heavy atom. The molecule has 0 aliphatic carbocycles. The van der Waals surface area contributed by atoms with E-state index in [4.69, 9.17) is 34.8 Å². The predicted molar refractivity (Wildman–Crippen MR) is 452 cm³/mol. The molecule has 6 N–H and O–H groups in total. The number of nitrogens with one attached hydrogen (secondary N) is 6. The van der Waals surface area contributed by atoms with Gasteiger partial charge in [0.1, 0.15) is 0 Å². The van der Waals surface area contributed by atoms with Crippen LogP contribution in [-0.2, 0) is 91.3 Å². The second-order valence-electron chi connectivity index (χ2n) is 27.3. The number of hydrogen-bond donors (Lipinski definition) is 6. The highest BCUT2D eigenvalue weighted by atomic mass is 35.5. The lowest BCUT2D eigenvalue weighted by Gasteiger charge is -2.17. The number of likely N-dealkylation sites (N-methyl/N-ethyl adjacent to an activating group) is 2. The zero-order chi connectivity index (χ0) is 87.8. The lowest BCUT2D eigenvalue weighted by molar-refractivity contribution is -0.129. The average molecular weight is 1770 g/mol. The molecule has 0 fully saturated rings. The molecule has 6 aromatic carbocycles. The van der Waals surface area contributed by atoms with Crippen LogP contribution in [0, 0.1) is 6.92 Å². The second-order valence-corrected chi connectivity index (χ2v) is 35.6. The third-order valence-corrected chi connectivity index (χ3v) is 24.5. The lowest BCUT2D eigenvalue weighted by atomic mass is 9.99. The highest BCUT2D eigenvalue weighted by molar-refractivity contribution is 7.90. The van der Waals surface area contributed by atoms with E-state index in [-0.39, 0.29) is 113 Å². The Kier molecular flexibility index (Phi) is 40.3. The summed E-state index contributed by atoms with van der Waals surface area (Å²) in [5.74, 6) is -5.39. The summed E-state index contributed by atoms with van der Waals surface area (Å²) >= 11 is 19.4. The minimum Gasteiger partial charge on any atom is -0.323 e. The molecule has 640 valence electrons. The minimum absolute atomic E-state index is 0.000489. The van der Waals surface area contributed by atoms with Gasteiger partial charge in [0, 0.05) is 67.8 Å². The van der Waals surface area contributed by atoms with Crippen molar-refractivity contribution in [3.63, 3.8) is 0 Å². The molecule has 0 radical (unpaired) electrons. The first-order valence-corrected chi connectivity index (χ1v) is 44.3. The summed E-state index contributed by atoms with van der Waals surface area (Å²) in [4.78, 5) is 111. The first-order chi connectivity index (χ1) is 55.5. The van der Waals surface area contributed by atoms with Gasteiger partial charge in [-0.25, -0.2) is 52.6 Å². The molecule has 0 saturated carbocycles. The number of Topliss-reactive ketones (excluding diaryl/α,β-unsaturated/α-hetero) is 6. The van der Waals surface area contributed by atoms with E-state index in [9.17, 15) is 72.0 Å². The molecule has 34 nitrogen and oxygen atoms in total. The van der Waals surface area contributed by atoms with Crippen LogP contribution in [0.3, 0.4) is 0 Å². The molecule has 118 heavy (non-hydrogen) atoms. The molecule has 41 heteroatoms. The maximum absolute atomic E-state index is 13.3. The molecule has 6 rings (SSSR count). The number of carbonyl (C=O) groups excluding carboxylic acids is 8. The van der Waals surface area contributed by atoms with Crippen molar-refractivity contribution in [3.8, 4) is 0 Å². The number of sulfonamides is 4. The van der Waals surface area contributed by atoms with E-state index in [1.54, 1.807) is 13.0 Å². The van der Waals surface area contributed by atoms with E-state index < -0.39 is 111 Å². The second kappa shape index (κ2) is 47.7. The summed E-state index contributed by atoms with van der Waals surface area (Å²) in [7, 11) is -7.78. The molecule has 6 aromatic rings. The molecule has 0 saturated heterocycles. The van der Waals surface area contributed by atoms with E-state index in [0.29, 0.717) is 37.1 Å². The number of hydrogen-bond acceptors (Lipinski definition) is 28. The predicted octanol–water partition coefficient (Wildman–Crippen LogP) is 10.4. The Balaban J connectivity index is 0.000000423. The SMILES string of the molecule is CC(=O)C(N=Nc1ccc(S(=O)(=O)NCCN(C)C)cc1)C(=O)Cc1cc(Cl)c(NC(=O)C(N=Nc2ccc(S(=O)(=O)NCCN(C)C)cc2)C(C)=O)cc1Cl.CCN(CC)CCCNS(=O)(=O)c1ccc(N=NC(C(C)=O)C(=O)Cc2cc(C)c(NC(=O)C(N=Nc3ccc(S(=O)(=O)NCCCN(CC)CC)cc3)C(C)=O)cc2Cl)cc1. The van der Waals surface area contributed by atoms with Crippen molar-refractivity contribution in [2.45, 2.75) is 132 Å². The standard InChI is InChI=1S/C42H58ClN9O8S2.C35H43Cl2N9O8S2/c1-8-51(9-2)24-12-22-44-61(57,58)35-18-14-33(15-19-35)47-49-40(30(6)53)39(55)27-32-26-29(5)38(28-37(32)43)46-42(56)41(31(7)54)50-48-34-16-20-36(21-17-34)62(59,60)45-23-13-25-52(10-3)11-4;1-22(47)33(43-41-25-7-11-27(12-8-25)55(51,52)38-15-17-45(3)4)32(49)20-24-19-30(37)31(21-29(24)36)40-35(50)34(23(2)48)44-42-26-9-13-28(14-10-26)56(53,54)39-16-18-46(5)6/h14-21,26,28,40-41,44-45H,8-13,22-25,27H2,1-7H3,(H,46,56);7-14,19,21,33-34,38-39H,15-18,20H2,1-6H3,(H,40,50). The molecule has 4 unspecified atom stereocenters. The number of ketones is 6. The molecule has 0 bridgehead atoms. The van der Waals surface area contributed by atoms with Crippen molar-refractivity contribution in [3.05, 3.63) is 153 Å². The molecular weight excluding hydrogens is 1670 g/mol. The number of rotatable bonds is 48. The third kappa shape index (κ3) is 32.3. The Morgan fingerprint density at radius 1 is 0.364 bits per heavy atom. The van der Waals surface area contributed by atoms with Crippen LogP contribution in [0.1, 0.15) is 84.9 Å². The first kappa shape index (κ1) is 99.6. The van der Waals surface area contributed by atoms with Gasteiger partial charge >= 0.3 is 0 Å². The summed E-state index contributed by atoms with van der Waals surface area (Å²) in [5.41, 5.74) is 2.10.